The standard InChI is InChI=1S/C12H16O4S2/c1-7(2)4-9-10(12(13)14)5-8(6-11(9)17)18(3,15)16/h5-7,9H,4H2,1-3H3,(H,13,14). The third-order valence-corrected chi connectivity index (χ3v) is 4.18. The first-order chi connectivity index (χ1) is 8.12. The Morgan fingerprint density at radius 2 is 2.00 bits per heavy atom. The molecule has 0 radical (unpaired) electrons. The van der Waals surface area contributed by atoms with E-state index in [1.165, 1.54) is 12.2 Å². The Bertz CT molecular complexity index is 538. The minimum absolute atomic E-state index is 0.0232. The van der Waals surface area contributed by atoms with E-state index >= 15 is 0 Å². The van der Waals surface area contributed by atoms with E-state index in [4.69, 9.17) is 12.2 Å². The average molecular weight is 288 g/mol. The lowest BCUT2D eigenvalue weighted by molar-refractivity contribution is -0.133. The molecule has 18 heavy (non-hydrogen) atoms. The molecule has 0 bridgehead atoms. The molecule has 0 aromatic rings. The zero-order valence-corrected chi connectivity index (χ0v) is 12.1. The molecule has 0 saturated carbocycles. The summed E-state index contributed by atoms with van der Waals surface area (Å²) in [6.07, 6.45) is 4.26. The summed E-state index contributed by atoms with van der Waals surface area (Å²) in [6.45, 7) is 3.94. The SMILES string of the molecule is CC(C)CC1C(=S)C=C(S(C)(=O)=O)C=C1C(=O)O. The highest BCUT2D eigenvalue weighted by molar-refractivity contribution is 7.94. The first-order valence-corrected chi connectivity index (χ1v) is 7.83. The lowest BCUT2D eigenvalue weighted by Crippen LogP contribution is -2.25. The highest BCUT2D eigenvalue weighted by atomic mass is 32.2. The Morgan fingerprint density at radius 3 is 2.39 bits per heavy atom. The van der Waals surface area contributed by atoms with Gasteiger partial charge in [-0.1, -0.05) is 26.1 Å². The van der Waals surface area contributed by atoms with Gasteiger partial charge in [0, 0.05) is 22.6 Å². The van der Waals surface area contributed by atoms with E-state index < -0.39 is 15.8 Å². The Kier molecular flexibility index (Phi) is 4.45. The molecule has 1 aliphatic carbocycles. The maximum Gasteiger partial charge on any atom is 0.332 e. The fraction of sp³-hybridized carbons (Fsp3) is 0.500. The summed E-state index contributed by atoms with van der Waals surface area (Å²) in [6, 6.07) is 0. The summed E-state index contributed by atoms with van der Waals surface area (Å²) in [4.78, 5) is 11.6. The number of aliphatic carboxylic acids is 1. The molecule has 0 saturated heterocycles. The van der Waals surface area contributed by atoms with E-state index in [9.17, 15) is 18.3 Å². The van der Waals surface area contributed by atoms with Crippen molar-refractivity contribution in [2.24, 2.45) is 11.8 Å². The van der Waals surface area contributed by atoms with E-state index in [2.05, 4.69) is 0 Å². The molecule has 1 rings (SSSR count). The highest BCUT2D eigenvalue weighted by Crippen LogP contribution is 2.30. The summed E-state index contributed by atoms with van der Waals surface area (Å²) in [7, 11) is -3.44. The van der Waals surface area contributed by atoms with Gasteiger partial charge in [0.15, 0.2) is 9.84 Å². The Morgan fingerprint density at radius 1 is 1.44 bits per heavy atom. The van der Waals surface area contributed by atoms with Gasteiger partial charge < -0.3 is 5.11 Å². The smallest absolute Gasteiger partial charge is 0.332 e. The number of hydrogen-bond donors (Lipinski definition) is 1. The van der Waals surface area contributed by atoms with Crippen LogP contribution in [0.1, 0.15) is 20.3 Å². The van der Waals surface area contributed by atoms with Crippen LogP contribution in [0.15, 0.2) is 22.6 Å². The maximum absolute atomic E-state index is 11.5. The van der Waals surface area contributed by atoms with Crippen molar-refractivity contribution in [1.82, 2.24) is 0 Å². The molecule has 0 fully saturated rings. The Hall–Kier alpha value is -1.01. The number of thiocarbonyl (C=S) groups is 1. The minimum Gasteiger partial charge on any atom is -0.478 e. The lowest BCUT2D eigenvalue weighted by Gasteiger charge is -2.23. The molecule has 0 spiro atoms. The topological polar surface area (TPSA) is 71.4 Å². The molecule has 4 nitrogen and oxygen atoms in total. The van der Waals surface area contributed by atoms with Crippen molar-refractivity contribution in [2.45, 2.75) is 20.3 Å². The van der Waals surface area contributed by atoms with Crippen LogP contribution >= 0.6 is 12.2 Å². The fourth-order valence-electron chi connectivity index (χ4n) is 1.83. The van der Waals surface area contributed by atoms with Crippen molar-refractivity contribution < 1.29 is 18.3 Å². The minimum atomic E-state index is -3.44. The van der Waals surface area contributed by atoms with Crippen LogP contribution < -0.4 is 0 Å². The average Bonchev–Trinajstić information content (AvgIpc) is 2.17. The van der Waals surface area contributed by atoms with Gasteiger partial charge in [-0.05, 0) is 24.5 Å². The van der Waals surface area contributed by atoms with E-state index in [-0.39, 0.29) is 22.3 Å². The number of carboxylic acids is 1. The van der Waals surface area contributed by atoms with Crippen molar-refractivity contribution in [2.75, 3.05) is 6.26 Å². The van der Waals surface area contributed by atoms with Gasteiger partial charge in [-0.3, -0.25) is 0 Å². The number of allylic oxidation sites excluding steroid dienone is 2. The molecule has 1 aliphatic rings. The second kappa shape index (κ2) is 5.32. The van der Waals surface area contributed by atoms with Gasteiger partial charge >= 0.3 is 5.97 Å². The molecule has 100 valence electrons. The second-order valence-electron chi connectivity index (χ2n) is 4.81. The number of hydrogen-bond acceptors (Lipinski definition) is 4. The molecule has 0 heterocycles. The third-order valence-electron chi connectivity index (χ3n) is 2.68. The van der Waals surface area contributed by atoms with Gasteiger partial charge in [0.05, 0.1) is 4.91 Å². The van der Waals surface area contributed by atoms with E-state index in [0.29, 0.717) is 11.3 Å². The number of rotatable bonds is 4. The predicted octanol–water partition coefficient (Wildman–Crippen LogP) is 1.97. The lowest BCUT2D eigenvalue weighted by atomic mass is 9.84. The summed E-state index contributed by atoms with van der Waals surface area (Å²) >= 11 is 5.14. The van der Waals surface area contributed by atoms with Crippen molar-refractivity contribution in [3.63, 3.8) is 0 Å². The van der Waals surface area contributed by atoms with E-state index in [1.54, 1.807) is 0 Å². The summed E-state index contributed by atoms with van der Waals surface area (Å²) in [5.41, 5.74) is 0.0663. The normalized spacial score (nSPS) is 20.7. The van der Waals surface area contributed by atoms with Crippen LogP contribution in [-0.2, 0) is 14.6 Å². The molecule has 1 N–H and O–H groups in total. The largest absolute Gasteiger partial charge is 0.478 e. The molecule has 0 aromatic heterocycles. The third kappa shape index (κ3) is 3.49. The van der Waals surface area contributed by atoms with Crippen LogP contribution in [0.5, 0.6) is 0 Å². The highest BCUT2D eigenvalue weighted by Gasteiger charge is 2.30. The molecule has 1 atom stereocenters. The Labute approximate surface area is 112 Å². The summed E-state index contributed by atoms with van der Waals surface area (Å²) in [5.74, 6) is -1.22. The van der Waals surface area contributed by atoms with Gasteiger partial charge in [-0.2, -0.15) is 0 Å². The van der Waals surface area contributed by atoms with Crippen LogP contribution in [0.2, 0.25) is 0 Å². The number of carboxylic acid groups (broad SMARTS) is 1. The fourth-order valence-corrected chi connectivity index (χ4v) is 2.94. The van der Waals surface area contributed by atoms with Crippen molar-refractivity contribution in [3.05, 3.63) is 22.6 Å². The van der Waals surface area contributed by atoms with Crippen LogP contribution in [0.3, 0.4) is 0 Å². The molecule has 6 heteroatoms. The van der Waals surface area contributed by atoms with E-state index in [0.717, 1.165) is 6.26 Å². The van der Waals surface area contributed by atoms with Crippen molar-refractivity contribution >= 4 is 32.9 Å². The molecule has 1 unspecified atom stereocenters. The number of carbonyl (C=O) groups is 1. The molecule has 0 aromatic carbocycles. The summed E-state index contributed by atoms with van der Waals surface area (Å²) in [5, 5.41) is 9.17. The van der Waals surface area contributed by atoms with Gasteiger partial charge in [0.25, 0.3) is 0 Å². The molecule has 0 aliphatic heterocycles. The predicted molar refractivity (Wildman–Crippen MR) is 74.2 cm³/mol. The van der Waals surface area contributed by atoms with E-state index in [1.807, 2.05) is 13.8 Å². The maximum atomic E-state index is 11.5. The van der Waals surface area contributed by atoms with Crippen LogP contribution in [-0.4, -0.2) is 30.6 Å². The number of sulfone groups is 1. The van der Waals surface area contributed by atoms with Gasteiger partial charge in [-0.25, -0.2) is 13.2 Å². The van der Waals surface area contributed by atoms with Gasteiger partial charge in [0.1, 0.15) is 0 Å². The second-order valence-corrected chi connectivity index (χ2v) is 7.30. The summed E-state index contributed by atoms with van der Waals surface area (Å²) < 4.78 is 22.9. The first kappa shape index (κ1) is 15.0. The Balaban J connectivity index is 3.24. The molecular formula is C12H16O4S2. The first-order valence-electron chi connectivity index (χ1n) is 5.53. The van der Waals surface area contributed by atoms with Crippen molar-refractivity contribution in [1.29, 1.82) is 0 Å². The zero-order valence-electron chi connectivity index (χ0n) is 10.5. The van der Waals surface area contributed by atoms with Gasteiger partial charge in [0.2, 0.25) is 0 Å². The van der Waals surface area contributed by atoms with Crippen LogP contribution in [0.4, 0.5) is 0 Å². The quantitative estimate of drug-likeness (QED) is 0.801. The van der Waals surface area contributed by atoms with Crippen LogP contribution in [0.25, 0.3) is 0 Å². The monoisotopic (exact) mass is 288 g/mol. The van der Waals surface area contributed by atoms with Gasteiger partial charge in [-0.15, -0.1) is 0 Å². The van der Waals surface area contributed by atoms with Crippen LogP contribution in [0, 0.1) is 11.8 Å². The zero-order chi connectivity index (χ0) is 14.1. The molecule has 0 amide bonds. The molecular weight excluding hydrogens is 272 g/mol. The van der Waals surface area contributed by atoms with Crippen molar-refractivity contribution in [3.8, 4) is 0 Å².